The highest BCUT2D eigenvalue weighted by molar-refractivity contribution is 5.96. The lowest BCUT2D eigenvalue weighted by Gasteiger charge is -2.10. The Balaban J connectivity index is 2.85. The average molecular weight is 226 g/mol. The van der Waals surface area contributed by atoms with Crippen molar-refractivity contribution in [2.45, 2.75) is 13.0 Å². The molecular formula is C10H11FN2O3. The number of anilines is 1. The van der Waals surface area contributed by atoms with Crippen LogP contribution >= 0.6 is 0 Å². The zero-order valence-corrected chi connectivity index (χ0v) is 8.57. The van der Waals surface area contributed by atoms with Gasteiger partial charge in [0.2, 0.25) is 0 Å². The molecule has 0 aromatic heterocycles. The van der Waals surface area contributed by atoms with E-state index in [-0.39, 0.29) is 11.3 Å². The van der Waals surface area contributed by atoms with Crippen molar-refractivity contribution in [2.75, 3.05) is 5.73 Å². The molecule has 0 saturated heterocycles. The molecule has 6 heteroatoms. The second-order valence-corrected chi connectivity index (χ2v) is 3.18. The highest BCUT2D eigenvalue weighted by Crippen LogP contribution is 2.15. The van der Waals surface area contributed by atoms with E-state index in [0.717, 1.165) is 12.1 Å². The third kappa shape index (κ3) is 2.69. The molecule has 86 valence electrons. The van der Waals surface area contributed by atoms with Crippen LogP contribution < -0.4 is 11.5 Å². The summed E-state index contributed by atoms with van der Waals surface area (Å²) in [7, 11) is 0. The maximum Gasteiger partial charge on any atom is 0.341 e. The number of esters is 1. The van der Waals surface area contributed by atoms with Crippen molar-refractivity contribution < 1.29 is 18.7 Å². The Hall–Kier alpha value is -2.11. The van der Waals surface area contributed by atoms with Gasteiger partial charge in [-0.15, -0.1) is 0 Å². The van der Waals surface area contributed by atoms with Crippen molar-refractivity contribution in [3.63, 3.8) is 0 Å². The molecule has 1 aromatic rings. The predicted molar refractivity (Wildman–Crippen MR) is 54.9 cm³/mol. The van der Waals surface area contributed by atoms with Crippen LogP contribution in [0.3, 0.4) is 0 Å². The molecule has 0 saturated carbocycles. The standard InChI is InChI=1S/C10H11FN2O3/c1-5(9(13)14)16-10(15)7-3-2-6(11)4-8(7)12/h2-5H,12H2,1H3,(H2,13,14)/t5-/m1/s1. The van der Waals surface area contributed by atoms with Crippen LogP contribution in [0.1, 0.15) is 17.3 Å². The van der Waals surface area contributed by atoms with Crippen molar-refractivity contribution in [1.82, 2.24) is 0 Å². The molecule has 0 heterocycles. The van der Waals surface area contributed by atoms with Crippen LogP contribution in [0.2, 0.25) is 0 Å². The fraction of sp³-hybridized carbons (Fsp3) is 0.200. The number of ether oxygens (including phenoxy) is 1. The van der Waals surface area contributed by atoms with Gasteiger partial charge in [0.25, 0.3) is 5.91 Å². The van der Waals surface area contributed by atoms with Crippen molar-refractivity contribution in [2.24, 2.45) is 5.73 Å². The van der Waals surface area contributed by atoms with E-state index in [9.17, 15) is 14.0 Å². The Morgan fingerprint density at radius 3 is 2.56 bits per heavy atom. The van der Waals surface area contributed by atoms with Gasteiger partial charge in [0.1, 0.15) is 5.82 Å². The zero-order valence-electron chi connectivity index (χ0n) is 8.57. The second kappa shape index (κ2) is 4.61. The lowest BCUT2D eigenvalue weighted by Crippen LogP contribution is -2.30. The van der Waals surface area contributed by atoms with E-state index in [1.54, 1.807) is 0 Å². The van der Waals surface area contributed by atoms with Gasteiger partial charge in [0.15, 0.2) is 6.10 Å². The Labute approximate surface area is 91.2 Å². The molecule has 5 nitrogen and oxygen atoms in total. The van der Waals surface area contributed by atoms with Crippen LogP contribution in [0, 0.1) is 5.82 Å². The SMILES string of the molecule is C[C@@H](OC(=O)c1ccc(F)cc1N)C(N)=O. The Bertz CT molecular complexity index is 434. The maximum absolute atomic E-state index is 12.7. The fourth-order valence-corrected chi connectivity index (χ4v) is 1.00. The first kappa shape index (κ1) is 12.0. The molecule has 0 fully saturated rings. The van der Waals surface area contributed by atoms with E-state index >= 15 is 0 Å². The summed E-state index contributed by atoms with van der Waals surface area (Å²) in [4.78, 5) is 22.1. The van der Waals surface area contributed by atoms with Crippen LogP contribution in [-0.4, -0.2) is 18.0 Å². The molecule has 0 unspecified atom stereocenters. The number of carbonyl (C=O) groups excluding carboxylic acids is 2. The number of primary amides is 1. The van der Waals surface area contributed by atoms with Gasteiger partial charge < -0.3 is 16.2 Å². The molecule has 1 rings (SSSR count). The van der Waals surface area contributed by atoms with Crippen molar-refractivity contribution in [1.29, 1.82) is 0 Å². The van der Waals surface area contributed by atoms with Gasteiger partial charge in [0, 0.05) is 5.69 Å². The number of benzene rings is 1. The predicted octanol–water partition coefficient (Wildman–Crippen LogP) is 0.439. The average Bonchev–Trinajstić information content (AvgIpc) is 2.16. The summed E-state index contributed by atoms with van der Waals surface area (Å²) in [6.45, 7) is 1.33. The van der Waals surface area contributed by atoms with E-state index < -0.39 is 23.8 Å². The van der Waals surface area contributed by atoms with Gasteiger partial charge in [-0.2, -0.15) is 0 Å². The molecular weight excluding hydrogens is 215 g/mol. The highest BCUT2D eigenvalue weighted by atomic mass is 19.1. The maximum atomic E-state index is 12.7. The van der Waals surface area contributed by atoms with Crippen molar-refractivity contribution in [3.05, 3.63) is 29.6 Å². The Kier molecular flexibility index (Phi) is 3.44. The molecule has 0 radical (unpaired) electrons. The quantitative estimate of drug-likeness (QED) is 0.577. The minimum atomic E-state index is -1.06. The number of rotatable bonds is 3. The lowest BCUT2D eigenvalue weighted by atomic mass is 10.2. The van der Waals surface area contributed by atoms with E-state index in [2.05, 4.69) is 0 Å². The monoisotopic (exact) mass is 226 g/mol. The smallest absolute Gasteiger partial charge is 0.341 e. The topological polar surface area (TPSA) is 95.4 Å². The number of nitrogens with two attached hydrogens (primary N) is 2. The first-order valence-electron chi connectivity index (χ1n) is 4.47. The summed E-state index contributed by atoms with van der Waals surface area (Å²) in [6, 6.07) is 3.24. The van der Waals surface area contributed by atoms with Gasteiger partial charge in [-0.25, -0.2) is 9.18 Å². The van der Waals surface area contributed by atoms with Gasteiger partial charge in [-0.05, 0) is 25.1 Å². The van der Waals surface area contributed by atoms with Crippen LogP contribution in [-0.2, 0) is 9.53 Å². The lowest BCUT2D eigenvalue weighted by molar-refractivity contribution is -0.125. The number of carbonyl (C=O) groups is 2. The second-order valence-electron chi connectivity index (χ2n) is 3.18. The number of halogens is 1. The molecule has 0 spiro atoms. The summed E-state index contributed by atoms with van der Waals surface area (Å²) < 4.78 is 17.4. The zero-order chi connectivity index (χ0) is 12.3. The van der Waals surface area contributed by atoms with Crippen LogP contribution in [0.4, 0.5) is 10.1 Å². The molecule has 1 aromatic carbocycles. The molecule has 0 aliphatic heterocycles. The molecule has 0 bridgehead atoms. The molecule has 1 amide bonds. The summed E-state index contributed by atoms with van der Waals surface area (Å²) >= 11 is 0. The molecule has 4 N–H and O–H groups in total. The summed E-state index contributed by atoms with van der Waals surface area (Å²) in [5.74, 6) is -2.14. The summed E-state index contributed by atoms with van der Waals surface area (Å²) in [5, 5.41) is 0. The van der Waals surface area contributed by atoms with Gasteiger partial charge in [-0.3, -0.25) is 4.79 Å². The number of nitrogen functional groups attached to an aromatic ring is 1. The minimum Gasteiger partial charge on any atom is -0.449 e. The Morgan fingerprint density at radius 1 is 1.44 bits per heavy atom. The van der Waals surface area contributed by atoms with Gasteiger partial charge >= 0.3 is 5.97 Å². The van der Waals surface area contributed by atoms with Crippen LogP contribution in [0.15, 0.2) is 18.2 Å². The number of hydrogen-bond acceptors (Lipinski definition) is 4. The highest BCUT2D eigenvalue weighted by Gasteiger charge is 2.18. The number of hydrogen-bond donors (Lipinski definition) is 2. The fourth-order valence-electron chi connectivity index (χ4n) is 1.00. The third-order valence-electron chi connectivity index (χ3n) is 1.92. The van der Waals surface area contributed by atoms with E-state index in [4.69, 9.17) is 16.2 Å². The largest absolute Gasteiger partial charge is 0.449 e. The first-order valence-corrected chi connectivity index (χ1v) is 4.47. The third-order valence-corrected chi connectivity index (χ3v) is 1.92. The first-order chi connectivity index (χ1) is 7.41. The van der Waals surface area contributed by atoms with E-state index in [1.165, 1.54) is 13.0 Å². The summed E-state index contributed by atoms with van der Waals surface area (Å²) in [6.07, 6.45) is -1.06. The van der Waals surface area contributed by atoms with Gasteiger partial charge in [0.05, 0.1) is 5.56 Å². The molecule has 0 aliphatic rings. The molecule has 16 heavy (non-hydrogen) atoms. The van der Waals surface area contributed by atoms with Crippen LogP contribution in [0.5, 0.6) is 0 Å². The Morgan fingerprint density at radius 2 is 2.06 bits per heavy atom. The minimum absolute atomic E-state index is 0.00509. The normalized spacial score (nSPS) is 11.9. The van der Waals surface area contributed by atoms with Gasteiger partial charge in [-0.1, -0.05) is 0 Å². The molecule has 0 aliphatic carbocycles. The van der Waals surface area contributed by atoms with E-state index in [0.29, 0.717) is 0 Å². The van der Waals surface area contributed by atoms with E-state index in [1.807, 2.05) is 0 Å². The number of amides is 1. The summed E-state index contributed by atoms with van der Waals surface area (Å²) in [5.41, 5.74) is 10.3. The van der Waals surface area contributed by atoms with Crippen molar-refractivity contribution in [3.8, 4) is 0 Å². The van der Waals surface area contributed by atoms with Crippen molar-refractivity contribution >= 4 is 17.6 Å². The molecule has 1 atom stereocenters. The van der Waals surface area contributed by atoms with Crippen LogP contribution in [0.25, 0.3) is 0 Å².